The van der Waals surface area contributed by atoms with E-state index in [-0.39, 0.29) is 24.3 Å². The molecule has 0 aliphatic carbocycles. The number of aliphatic carboxylic acids is 1. The normalized spacial score (nSPS) is 21.9. The number of amides is 1. The first-order valence-corrected chi connectivity index (χ1v) is 5.92. The zero-order valence-corrected chi connectivity index (χ0v) is 10.7. The van der Waals surface area contributed by atoms with E-state index in [4.69, 9.17) is 9.84 Å². The molecule has 2 rings (SSSR count). The van der Waals surface area contributed by atoms with Gasteiger partial charge in [-0.15, -0.1) is 0 Å². The lowest BCUT2D eigenvalue weighted by molar-refractivity contribution is -0.149. The highest BCUT2D eigenvalue weighted by Gasteiger charge is 2.47. The average Bonchev–Trinajstić information content (AvgIpc) is 2.82. The van der Waals surface area contributed by atoms with Crippen molar-refractivity contribution in [2.24, 2.45) is 0 Å². The Morgan fingerprint density at radius 1 is 1.45 bits per heavy atom. The Morgan fingerprint density at radius 3 is 2.65 bits per heavy atom. The van der Waals surface area contributed by atoms with Crippen LogP contribution in [-0.4, -0.2) is 47.8 Å². The van der Waals surface area contributed by atoms with Crippen molar-refractivity contribution in [1.82, 2.24) is 4.90 Å². The molecule has 1 saturated heterocycles. The number of carbonyl (C=O) groups is 2. The van der Waals surface area contributed by atoms with E-state index >= 15 is 0 Å². The van der Waals surface area contributed by atoms with Gasteiger partial charge in [-0.2, -0.15) is 0 Å². The third kappa shape index (κ3) is 2.43. The number of carboxylic acid groups (broad SMARTS) is 1. The molecule has 1 aliphatic heterocycles. The summed E-state index contributed by atoms with van der Waals surface area (Å²) in [6.45, 7) is -0.551. The topological polar surface area (TPSA) is 66.8 Å². The monoisotopic (exact) mass is 285 g/mol. The van der Waals surface area contributed by atoms with Crippen molar-refractivity contribution in [3.63, 3.8) is 0 Å². The van der Waals surface area contributed by atoms with E-state index in [0.29, 0.717) is 0 Å². The first-order valence-electron chi connectivity index (χ1n) is 5.92. The van der Waals surface area contributed by atoms with E-state index in [1.807, 2.05) is 0 Å². The van der Waals surface area contributed by atoms with Crippen molar-refractivity contribution in [3.05, 3.63) is 29.6 Å². The minimum atomic E-state index is -2.43. The van der Waals surface area contributed by atoms with Crippen LogP contribution >= 0.6 is 0 Å². The van der Waals surface area contributed by atoms with Gasteiger partial charge in [0.1, 0.15) is 0 Å². The Bertz CT molecular complexity index is 563. The second kappa shape index (κ2) is 5.07. The van der Waals surface area contributed by atoms with Gasteiger partial charge in [0, 0.05) is 18.5 Å². The van der Waals surface area contributed by atoms with Gasteiger partial charge in [0.05, 0.1) is 13.7 Å². The summed E-state index contributed by atoms with van der Waals surface area (Å²) < 4.78 is 32.1. The fourth-order valence-corrected chi connectivity index (χ4v) is 2.10. The van der Waals surface area contributed by atoms with Crippen molar-refractivity contribution in [2.75, 3.05) is 20.2 Å². The lowest BCUT2D eigenvalue weighted by atomic mass is 10.1. The predicted molar refractivity (Wildman–Crippen MR) is 64.9 cm³/mol. The van der Waals surface area contributed by atoms with Crippen molar-refractivity contribution in [2.45, 2.75) is 12.1 Å². The maximum absolute atomic E-state index is 13.9. The number of likely N-dealkylation sites (tertiary alicyclic amines) is 1. The summed E-state index contributed by atoms with van der Waals surface area (Å²) in [4.78, 5) is 23.9. The molecule has 0 radical (unpaired) electrons. The van der Waals surface area contributed by atoms with Gasteiger partial charge in [-0.25, -0.2) is 13.6 Å². The number of hydrogen-bond donors (Lipinski definition) is 1. The van der Waals surface area contributed by atoms with E-state index in [2.05, 4.69) is 0 Å². The minimum Gasteiger partial charge on any atom is -0.494 e. The number of ether oxygens (including phenoxy) is 1. The highest BCUT2D eigenvalue weighted by Crippen LogP contribution is 2.28. The first-order chi connectivity index (χ1) is 9.37. The summed E-state index contributed by atoms with van der Waals surface area (Å²) in [6, 6.07) is 3.63. The number of halogens is 2. The van der Waals surface area contributed by atoms with Gasteiger partial charge in [-0.3, -0.25) is 4.79 Å². The van der Waals surface area contributed by atoms with Crippen LogP contribution in [0, 0.1) is 5.82 Å². The highest BCUT2D eigenvalue weighted by atomic mass is 19.1. The molecule has 1 heterocycles. The first kappa shape index (κ1) is 14.2. The second-order valence-corrected chi connectivity index (χ2v) is 4.60. The summed E-state index contributed by atoms with van der Waals surface area (Å²) in [5.74, 6) is -2.91. The van der Waals surface area contributed by atoms with Crippen molar-refractivity contribution in [3.8, 4) is 5.75 Å². The third-order valence-corrected chi connectivity index (χ3v) is 3.29. The Labute approximate surface area is 113 Å². The maximum Gasteiger partial charge on any atom is 0.343 e. The number of carbonyl (C=O) groups excluding carboxylic acids is 1. The molecule has 0 bridgehead atoms. The van der Waals surface area contributed by atoms with Crippen molar-refractivity contribution in [1.29, 1.82) is 0 Å². The molecule has 1 aliphatic rings. The Hall–Kier alpha value is -2.18. The summed E-state index contributed by atoms with van der Waals surface area (Å²) in [5, 5.41) is 8.77. The van der Waals surface area contributed by atoms with E-state index in [9.17, 15) is 18.4 Å². The van der Waals surface area contributed by atoms with Gasteiger partial charge in [-0.05, 0) is 18.2 Å². The number of rotatable bonds is 3. The molecule has 1 N–H and O–H groups in total. The number of benzene rings is 1. The van der Waals surface area contributed by atoms with Crippen LogP contribution in [0.5, 0.6) is 5.75 Å². The minimum absolute atomic E-state index is 0.00616. The zero-order chi connectivity index (χ0) is 14.9. The molecule has 5 nitrogen and oxygen atoms in total. The molecular formula is C13H13F2NO4. The Kier molecular flexibility index (Phi) is 3.61. The van der Waals surface area contributed by atoms with Gasteiger partial charge in [0.2, 0.25) is 5.67 Å². The van der Waals surface area contributed by atoms with Gasteiger partial charge >= 0.3 is 5.97 Å². The molecular weight excluding hydrogens is 272 g/mol. The molecule has 1 atom stereocenters. The molecule has 0 spiro atoms. The lowest BCUT2D eigenvalue weighted by Gasteiger charge is -2.18. The van der Waals surface area contributed by atoms with Gasteiger partial charge < -0.3 is 14.7 Å². The van der Waals surface area contributed by atoms with Crippen LogP contribution in [0.4, 0.5) is 8.78 Å². The van der Waals surface area contributed by atoms with Gasteiger partial charge in [0.25, 0.3) is 5.91 Å². The molecule has 1 aromatic carbocycles. The summed E-state index contributed by atoms with van der Waals surface area (Å²) in [5.41, 5.74) is -2.40. The average molecular weight is 285 g/mol. The Balaban J connectivity index is 2.17. The third-order valence-electron chi connectivity index (χ3n) is 3.29. The zero-order valence-electron chi connectivity index (χ0n) is 10.7. The van der Waals surface area contributed by atoms with E-state index < -0.39 is 29.9 Å². The highest BCUT2D eigenvalue weighted by molar-refractivity contribution is 5.95. The Morgan fingerprint density at radius 2 is 2.15 bits per heavy atom. The van der Waals surface area contributed by atoms with Gasteiger partial charge in [-0.1, -0.05) is 0 Å². The molecule has 0 saturated carbocycles. The summed E-state index contributed by atoms with van der Waals surface area (Å²) in [7, 11) is 1.30. The molecule has 1 fully saturated rings. The second-order valence-electron chi connectivity index (χ2n) is 4.60. The predicted octanol–water partition coefficient (Wildman–Crippen LogP) is 1.47. The van der Waals surface area contributed by atoms with Crippen LogP contribution in [0.3, 0.4) is 0 Å². The van der Waals surface area contributed by atoms with Crippen LogP contribution < -0.4 is 4.74 Å². The van der Waals surface area contributed by atoms with Crippen LogP contribution in [0.15, 0.2) is 18.2 Å². The van der Waals surface area contributed by atoms with Gasteiger partial charge in [0.15, 0.2) is 11.6 Å². The molecule has 7 heteroatoms. The molecule has 1 unspecified atom stereocenters. The fraction of sp³-hybridized carbons (Fsp3) is 0.385. The van der Waals surface area contributed by atoms with Crippen molar-refractivity contribution < 1.29 is 28.2 Å². The fourth-order valence-electron chi connectivity index (χ4n) is 2.10. The van der Waals surface area contributed by atoms with Crippen LogP contribution in [0.25, 0.3) is 0 Å². The largest absolute Gasteiger partial charge is 0.494 e. The standard InChI is InChI=1S/C13H13F2NO4/c1-20-10-3-2-8(6-9(10)14)11(17)16-5-4-13(15,7-16)12(18)19/h2-3,6H,4-5,7H2,1H3,(H,18,19). The molecule has 1 aromatic rings. The van der Waals surface area contributed by atoms with Crippen LogP contribution in [0.1, 0.15) is 16.8 Å². The van der Waals surface area contributed by atoms with Crippen LogP contribution in [0.2, 0.25) is 0 Å². The molecule has 108 valence electrons. The molecule has 20 heavy (non-hydrogen) atoms. The quantitative estimate of drug-likeness (QED) is 0.913. The van der Waals surface area contributed by atoms with E-state index in [1.165, 1.54) is 19.2 Å². The smallest absolute Gasteiger partial charge is 0.343 e. The molecule has 0 aromatic heterocycles. The van der Waals surface area contributed by atoms with Crippen molar-refractivity contribution >= 4 is 11.9 Å². The maximum atomic E-state index is 13.9. The lowest BCUT2D eigenvalue weighted by Crippen LogP contribution is -2.38. The summed E-state index contributed by atoms with van der Waals surface area (Å²) in [6.07, 6.45) is -0.271. The number of methoxy groups -OCH3 is 1. The molecule has 1 amide bonds. The van der Waals surface area contributed by atoms with E-state index in [1.54, 1.807) is 0 Å². The SMILES string of the molecule is COc1ccc(C(=O)N2CCC(F)(C(=O)O)C2)cc1F. The van der Waals surface area contributed by atoms with Crippen LogP contribution in [-0.2, 0) is 4.79 Å². The number of nitrogens with zero attached hydrogens (tertiary/aromatic N) is 1. The number of alkyl halides is 1. The number of hydrogen-bond acceptors (Lipinski definition) is 3. The summed E-state index contributed by atoms with van der Waals surface area (Å²) >= 11 is 0. The van der Waals surface area contributed by atoms with E-state index in [0.717, 1.165) is 11.0 Å². The number of carboxylic acids is 1.